The van der Waals surface area contributed by atoms with Crippen LogP contribution in [-0.4, -0.2) is 13.1 Å². The lowest BCUT2D eigenvalue weighted by Gasteiger charge is -2.12. The maximum atomic E-state index is 3.38. The molecule has 0 saturated carbocycles. The van der Waals surface area contributed by atoms with Crippen molar-refractivity contribution in [3.05, 3.63) is 41.5 Å². The van der Waals surface area contributed by atoms with Crippen LogP contribution in [-0.2, 0) is 0 Å². The lowest BCUT2D eigenvalue weighted by atomic mass is 10.0. The van der Waals surface area contributed by atoms with Gasteiger partial charge in [0.25, 0.3) is 0 Å². The zero-order valence-corrected chi connectivity index (χ0v) is 9.96. The summed E-state index contributed by atoms with van der Waals surface area (Å²) in [5.74, 6) is 0.601. The van der Waals surface area contributed by atoms with Crippen LogP contribution in [0.3, 0.4) is 0 Å². The molecule has 0 radical (unpaired) electrons. The van der Waals surface area contributed by atoms with Crippen molar-refractivity contribution < 1.29 is 0 Å². The lowest BCUT2D eigenvalue weighted by molar-refractivity contribution is 0.682. The highest BCUT2D eigenvalue weighted by molar-refractivity contribution is 5.53. The van der Waals surface area contributed by atoms with E-state index in [0.717, 1.165) is 13.1 Å². The van der Waals surface area contributed by atoms with Crippen LogP contribution in [0.15, 0.2) is 35.9 Å². The molecule has 0 bridgehead atoms. The van der Waals surface area contributed by atoms with Gasteiger partial charge in [0.15, 0.2) is 0 Å². The first-order valence-corrected chi connectivity index (χ1v) is 5.70. The minimum atomic E-state index is 0.601. The standard InChI is InChI=1S/C14H21N/c1-4-15-11-14(12(2)3)10-13-8-6-5-7-9-13/h5-10,12,15H,4,11H2,1-3H3. The number of benzene rings is 1. The van der Waals surface area contributed by atoms with Crippen LogP contribution in [0.4, 0.5) is 0 Å². The van der Waals surface area contributed by atoms with Gasteiger partial charge < -0.3 is 5.32 Å². The van der Waals surface area contributed by atoms with Gasteiger partial charge in [-0.2, -0.15) is 0 Å². The largest absolute Gasteiger partial charge is 0.313 e. The fourth-order valence-corrected chi connectivity index (χ4v) is 1.45. The van der Waals surface area contributed by atoms with Crippen molar-refractivity contribution in [2.24, 2.45) is 5.92 Å². The Balaban J connectivity index is 2.75. The second-order valence-electron chi connectivity index (χ2n) is 4.06. The van der Waals surface area contributed by atoms with Gasteiger partial charge in [0, 0.05) is 6.54 Å². The minimum absolute atomic E-state index is 0.601. The smallest absolute Gasteiger partial charge is 0.0170 e. The molecule has 0 aliphatic heterocycles. The van der Waals surface area contributed by atoms with E-state index in [1.807, 2.05) is 0 Å². The normalized spacial score (nSPS) is 12.1. The quantitative estimate of drug-likeness (QED) is 0.774. The maximum absolute atomic E-state index is 3.38. The van der Waals surface area contributed by atoms with E-state index in [-0.39, 0.29) is 0 Å². The van der Waals surface area contributed by atoms with Gasteiger partial charge in [-0.15, -0.1) is 0 Å². The van der Waals surface area contributed by atoms with E-state index in [4.69, 9.17) is 0 Å². The number of hydrogen-bond acceptors (Lipinski definition) is 1. The van der Waals surface area contributed by atoms with Crippen molar-refractivity contribution in [1.29, 1.82) is 0 Å². The molecule has 0 amide bonds. The van der Waals surface area contributed by atoms with E-state index < -0.39 is 0 Å². The molecule has 15 heavy (non-hydrogen) atoms. The molecular formula is C14H21N. The Morgan fingerprint density at radius 2 is 1.93 bits per heavy atom. The molecule has 0 aliphatic carbocycles. The Hall–Kier alpha value is -1.08. The highest BCUT2D eigenvalue weighted by Crippen LogP contribution is 2.13. The van der Waals surface area contributed by atoms with Crippen LogP contribution in [0.2, 0.25) is 0 Å². The van der Waals surface area contributed by atoms with Crippen molar-refractivity contribution in [3.63, 3.8) is 0 Å². The van der Waals surface area contributed by atoms with Gasteiger partial charge in [-0.05, 0) is 18.0 Å². The Kier molecular flexibility index (Phi) is 5.13. The second-order valence-corrected chi connectivity index (χ2v) is 4.06. The van der Waals surface area contributed by atoms with E-state index in [1.165, 1.54) is 11.1 Å². The Morgan fingerprint density at radius 3 is 2.47 bits per heavy atom. The second kappa shape index (κ2) is 6.41. The van der Waals surface area contributed by atoms with Gasteiger partial charge >= 0.3 is 0 Å². The molecule has 0 aliphatic rings. The van der Waals surface area contributed by atoms with Crippen molar-refractivity contribution in [2.75, 3.05) is 13.1 Å². The highest BCUT2D eigenvalue weighted by Gasteiger charge is 2.02. The third kappa shape index (κ3) is 4.30. The van der Waals surface area contributed by atoms with Crippen LogP contribution in [0, 0.1) is 5.92 Å². The molecule has 1 aromatic rings. The van der Waals surface area contributed by atoms with Gasteiger partial charge in [-0.1, -0.05) is 62.8 Å². The Bertz CT molecular complexity index is 298. The summed E-state index contributed by atoms with van der Waals surface area (Å²) in [6.45, 7) is 8.64. The average Bonchev–Trinajstić information content (AvgIpc) is 2.25. The molecule has 1 heteroatoms. The molecule has 0 fully saturated rings. The zero-order chi connectivity index (χ0) is 11.1. The molecule has 1 nitrogen and oxygen atoms in total. The maximum Gasteiger partial charge on any atom is 0.0170 e. The number of nitrogens with one attached hydrogen (secondary N) is 1. The lowest BCUT2D eigenvalue weighted by Crippen LogP contribution is -2.18. The summed E-state index contributed by atoms with van der Waals surface area (Å²) in [7, 11) is 0. The third-order valence-corrected chi connectivity index (χ3v) is 2.47. The fourth-order valence-electron chi connectivity index (χ4n) is 1.45. The summed E-state index contributed by atoms with van der Waals surface area (Å²) < 4.78 is 0. The average molecular weight is 203 g/mol. The summed E-state index contributed by atoms with van der Waals surface area (Å²) in [5, 5.41) is 3.38. The first kappa shape index (κ1) is 12.0. The first-order valence-electron chi connectivity index (χ1n) is 5.70. The summed E-state index contributed by atoms with van der Waals surface area (Å²) >= 11 is 0. The van der Waals surface area contributed by atoms with Crippen LogP contribution >= 0.6 is 0 Å². The van der Waals surface area contributed by atoms with E-state index in [0.29, 0.717) is 5.92 Å². The first-order chi connectivity index (χ1) is 7.24. The predicted molar refractivity (Wildman–Crippen MR) is 67.8 cm³/mol. The summed E-state index contributed by atoms with van der Waals surface area (Å²) in [6, 6.07) is 10.5. The van der Waals surface area contributed by atoms with Gasteiger partial charge in [0.1, 0.15) is 0 Å². The van der Waals surface area contributed by atoms with Crippen molar-refractivity contribution in [3.8, 4) is 0 Å². The van der Waals surface area contributed by atoms with Crippen LogP contribution in [0.1, 0.15) is 26.3 Å². The van der Waals surface area contributed by atoms with Crippen molar-refractivity contribution in [1.82, 2.24) is 5.32 Å². The van der Waals surface area contributed by atoms with Gasteiger partial charge in [-0.25, -0.2) is 0 Å². The van der Waals surface area contributed by atoms with E-state index in [1.54, 1.807) is 0 Å². The fraction of sp³-hybridized carbons (Fsp3) is 0.429. The molecule has 1 N–H and O–H groups in total. The van der Waals surface area contributed by atoms with Gasteiger partial charge in [-0.3, -0.25) is 0 Å². The van der Waals surface area contributed by atoms with Crippen LogP contribution in [0.5, 0.6) is 0 Å². The number of likely N-dealkylation sites (N-methyl/N-ethyl adjacent to an activating group) is 1. The molecule has 0 atom stereocenters. The Morgan fingerprint density at radius 1 is 1.27 bits per heavy atom. The van der Waals surface area contributed by atoms with Gasteiger partial charge in [0.2, 0.25) is 0 Å². The molecule has 1 aromatic carbocycles. The van der Waals surface area contributed by atoms with Crippen molar-refractivity contribution >= 4 is 6.08 Å². The molecule has 82 valence electrons. The molecule has 0 heterocycles. The third-order valence-electron chi connectivity index (χ3n) is 2.47. The SMILES string of the molecule is CCNCC(=Cc1ccccc1)C(C)C. The Labute approximate surface area is 93.2 Å². The molecule has 1 rings (SSSR count). The molecule has 0 saturated heterocycles. The number of hydrogen-bond donors (Lipinski definition) is 1. The predicted octanol–water partition coefficient (Wildman–Crippen LogP) is 3.34. The van der Waals surface area contributed by atoms with E-state index in [2.05, 4.69) is 62.5 Å². The summed E-state index contributed by atoms with van der Waals surface area (Å²) in [6.07, 6.45) is 2.29. The number of rotatable bonds is 5. The van der Waals surface area contributed by atoms with Crippen LogP contribution < -0.4 is 5.32 Å². The topological polar surface area (TPSA) is 12.0 Å². The highest BCUT2D eigenvalue weighted by atomic mass is 14.8. The molecule has 0 unspecified atom stereocenters. The monoisotopic (exact) mass is 203 g/mol. The molecule has 0 spiro atoms. The van der Waals surface area contributed by atoms with E-state index >= 15 is 0 Å². The summed E-state index contributed by atoms with van der Waals surface area (Å²) in [4.78, 5) is 0. The molecular weight excluding hydrogens is 182 g/mol. The minimum Gasteiger partial charge on any atom is -0.313 e. The molecule has 0 aromatic heterocycles. The van der Waals surface area contributed by atoms with Crippen molar-refractivity contribution in [2.45, 2.75) is 20.8 Å². The van der Waals surface area contributed by atoms with Crippen LogP contribution in [0.25, 0.3) is 6.08 Å². The van der Waals surface area contributed by atoms with E-state index in [9.17, 15) is 0 Å². The zero-order valence-electron chi connectivity index (χ0n) is 9.96. The summed E-state index contributed by atoms with van der Waals surface area (Å²) in [5.41, 5.74) is 2.75. The van der Waals surface area contributed by atoms with Gasteiger partial charge in [0.05, 0.1) is 0 Å².